The molecule has 6 nitrogen and oxygen atoms in total. The van der Waals surface area contributed by atoms with Crippen LogP contribution in [0.25, 0.3) is 0 Å². The van der Waals surface area contributed by atoms with E-state index in [2.05, 4.69) is 5.32 Å². The van der Waals surface area contributed by atoms with Crippen LogP contribution in [-0.4, -0.2) is 35.7 Å². The van der Waals surface area contributed by atoms with Gasteiger partial charge in [-0.2, -0.15) is 0 Å². The molecule has 0 atom stereocenters. The Hall–Kier alpha value is -2.37. The van der Waals surface area contributed by atoms with Crippen LogP contribution in [0, 0.1) is 0 Å². The van der Waals surface area contributed by atoms with Crippen molar-refractivity contribution < 1.29 is 14.4 Å². The summed E-state index contributed by atoms with van der Waals surface area (Å²) in [6.45, 7) is 1.76. The third kappa shape index (κ3) is 1.92. The van der Waals surface area contributed by atoms with Crippen LogP contribution in [0.15, 0.2) is 18.2 Å². The fourth-order valence-corrected chi connectivity index (χ4v) is 1.91. The second kappa shape index (κ2) is 4.48. The first-order valence-electron chi connectivity index (χ1n) is 5.51. The second-order valence-corrected chi connectivity index (χ2v) is 4.01. The quantitative estimate of drug-likeness (QED) is 0.581. The molecule has 3 N–H and O–H groups in total. The minimum Gasteiger partial charge on any atom is -0.398 e. The molecule has 0 bridgehead atoms. The van der Waals surface area contributed by atoms with E-state index in [1.807, 2.05) is 0 Å². The molecule has 18 heavy (non-hydrogen) atoms. The van der Waals surface area contributed by atoms with E-state index in [-0.39, 0.29) is 30.5 Å². The maximum atomic E-state index is 12.0. The fourth-order valence-electron chi connectivity index (χ4n) is 1.91. The molecule has 3 amide bonds. The van der Waals surface area contributed by atoms with Gasteiger partial charge in [0.15, 0.2) is 0 Å². The maximum absolute atomic E-state index is 12.0. The van der Waals surface area contributed by atoms with Gasteiger partial charge in [0.1, 0.15) is 0 Å². The van der Waals surface area contributed by atoms with Crippen molar-refractivity contribution in [2.75, 3.05) is 18.8 Å². The molecule has 94 valence electrons. The molecule has 0 saturated heterocycles. The number of anilines is 1. The van der Waals surface area contributed by atoms with Gasteiger partial charge in [0.25, 0.3) is 11.8 Å². The van der Waals surface area contributed by atoms with Crippen LogP contribution < -0.4 is 11.1 Å². The van der Waals surface area contributed by atoms with Crippen molar-refractivity contribution in [3.63, 3.8) is 0 Å². The lowest BCUT2D eigenvalue weighted by molar-refractivity contribution is -0.119. The van der Waals surface area contributed by atoms with Gasteiger partial charge in [-0.1, -0.05) is 6.07 Å². The lowest BCUT2D eigenvalue weighted by Gasteiger charge is -2.13. The first-order valence-corrected chi connectivity index (χ1v) is 5.51. The van der Waals surface area contributed by atoms with Gasteiger partial charge in [0.05, 0.1) is 11.1 Å². The van der Waals surface area contributed by atoms with Gasteiger partial charge >= 0.3 is 0 Å². The number of fused-ring (bicyclic) bond motifs is 1. The molecule has 1 aliphatic rings. The molecule has 1 heterocycles. The normalized spacial score (nSPS) is 13.7. The molecule has 0 aromatic heterocycles. The van der Waals surface area contributed by atoms with E-state index in [1.165, 1.54) is 6.92 Å². The number of amides is 3. The van der Waals surface area contributed by atoms with E-state index in [9.17, 15) is 14.4 Å². The first kappa shape index (κ1) is 12.1. The molecule has 2 rings (SSSR count). The van der Waals surface area contributed by atoms with Crippen LogP contribution >= 0.6 is 0 Å². The van der Waals surface area contributed by atoms with Crippen molar-refractivity contribution in [1.82, 2.24) is 10.2 Å². The highest BCUT2D eigenvalue weighted by molar-refractivity contribution is 6.23. The number of nitrogens with zero attached hydrogens (tertiary/aromatic N) is 1. The number of nitrogens with one attached hydrogen (secondary N) is 1. The highest BCUT2D eigenvalue weighted by Crippen LogP contribution is 2.26. The van der Waals surface area contributed by atoms with Gasteiger partial charge in [0, 0.05) is 25.7 Å². The summed E-state index contributed by atoms with van der Waals surface area (Å²) in [4.78, 5) is 35.8. The molecule has 0 fully saturated rings. The largest absolute Gasteiger partial charge is 0.398 e. The number of carbonyl (C=O) groups is 3. The zero-order valence-corrected chi connectivity index (χ0v) is 9.90. The molecule has 0 unspecified atom stereocenters. The van der Waals surface area contributed by atoms with E-state index >= 15 is 0 Å². The van der Waals surface area contributed by atoms with Gasteiger partial charge in [-0.15, -0.1) is 0 Å². The topological polar surface area (TPSA) is 92.5 Å². The van der Waals surface area contributed by atoms with Gasteiger partial charge in [0.2, 0.25) is 5.91 Å². The molecule has 1 aromatic rings. The van der Waals surface area contributed by atoms with Crippen LogP contribution in [0.4, 0.5) is 5.69 Å². The van der Waals surface area contributed by atoms with Crippen molar-refractivity contribution in [3.8, 4) is 0 Å². The van der Waals surface area contributed by atoms with Crippen molar-refractivity contribution in [2.45, 2.75) is 6.92 Å². The lowest BCUT2D eigenvalue weighted by Crippen LogP contribution is -2.37. The number of nitrogen functional groups attached to an aromatic ring is 1. The van der Waals surface area contributed by atoms with Gasteiger partial charge in [-0.3, -0.25) is 19.3 Å². The predicted octanol–water partition coefficient (Wildman–Crippen LogP) is 0.000900. The third-order valence-electron chi connectivity index (χ3n) is 2.74. The summed E-state index contributed by atoms with van der Waals surface area (Å²) >= 11 is 0. The number of hydrogen-bond donors (Lipinski definition) is 2. The summed E-state index contributed by atoms with van der Waals surface area (Å²) in [5, 5.41) is 2.54. The van der Waals surface area contributed by atoms with E-state index in [1.54, 1.807) is 18.2 Å². The number of hydrogen-bond acceptors (Lipinski definition) is 4. The molecule has 1 aliphatic heterocycles. The molecule has 6 heteroatoms. The van der Waals surface area contributed by atoms with Crippen LogP contribution in [-0.2, 0) is 4.79 Å². The van der Waals surface area contributed by atoms with Crippen LogP contribution in [0.3, 0.4) is 0 Å². The van der Waals surface area contributed by atoms with Crippen LogP contribution in [0.1, 0.15) is 27.6 Å². The van der Waals surface area contributed by atoms with Crippen LogP contribution in [0.5, 0.6) is 0 Å². The Morgan fingerprint density at radius 1 is 1.33 bits per heavy atom. The van der Waals surface area contributed by atoms with E-state index in [4.69, 9.17) is 5.73 Å². The zero-order valence-electron chi connectivity index (χ0n) is 9.90. The smallest absolute Gasteiger partial charge is 0.263 e. The Bertz CT molecular complexity index is 539. The van der Waals surface area contributed by atoms with E-state index in [0.717, 1.165) is 4.90 Å². The van der Waals surface area contributed by atoms with Crippen molar-refractivity contribution in [1.29, 1.82) is 0 Å². The molecular formula is C12H13N3O3. The molecular weight excluding hydrogens is 234 g/mol. The summed E-state index contributed by atoms with van der Waals surface area (Å²) in [7, 11) is 0. The Morgan fingerprint density at radius 2 is 2.06 bits per heavy atom. The predicted molar refractivity (Wildman–Crippen MR) is 64.9 cm³/mol. The second-order valence-electron chi connectivity index (χ2n) is 4.01. The Balaban J connectivity index is 2.18. The maximum Gasteiger partial charge on any atom is 0.263 e. The number of nitrogens with two attached hydrogens (primary N) is 1. The zero-order chi connectivity index (χ0) is 13.3. The van der Waals surface area contributed by atoms with Gasteiger partial charge < -0.3 is 11.1 Å². The number of rotatable bonds is 3. The van der Waals surface area contributed by atoms with E-state index in [0.29, 0.717) is 11.3 Å². The third-order valence-corrected chi connectivity index (χ3v) is 2.74. The van der Waals surface area contributed by atoms with Crippen LogP contribution in [0.2, 0.25) is 0 Å². The van der Waals surface area contributed by atoms with Gasteiger partial charge in [-0.05, 0) is 12.1 Å². The summed E-state index contributed by atoms with van der Waals surface area (Å²) in [6.07, 6.45) is 0. The molecule has 0 saturated carbocycles. The standard InChI is InChI=1S/C12H13N3O3/c1-7(16)14-5-6-15-11(17)8-3-2-4-9(13)10(8)12(15)18/h2-4H,5-6,13H2,1H3,(H,14,16). The van der Waals surface area contributed by atoms with Gasteiger partial charge in [-0.25, -0.2) is 0 Å². The summed E-state index contributed by atoms with van der Waals surface area (Å²) in [5.41, 5.74) is 6.57. The van der Waals surface area contributed by atoms with Crippen molar-refractivity contribution in [2.24, 2.45) is 0 Å². The number of imide groups is 1. The Labute approximate surface area is 104 Å². The summed E-state index contributed by atoms with van der Waals surface area (Å²) < 4.78 is 0. The lowest BCUT2D eigenvalue weighted by atomic mass is 10.1. The summed E-state index contributed by atoms with van der Waals surface area (Å²) in [5.74, 6) is -0.975. The fraction of sp³-hybridized carbons (Fsp3) is 0.250. The number of benzene rings is 1. The Kier molecular flexibility index (Phi) is 3.01. The molecule has 1 aromatic carbocycles. The number of carbonyl (C=O) groups excluding carboxylic acids is 3. The van der Waals surface area contributed by atoms with E-state index < -0.39 is 5.91 Å². The first-order chi connectivity index (χ1) is 8.52. The molecule has 0 radical (unpaired) electrons. The molecule has 0 spiro atoms. The monoisotopic (exact) mass is 247 g/mol. The minimum atomic E-state index is -0.404. The summed E-state index contributed by atoms with van der Waals surface area (Å²) in [6, 6.07) is 4.79. The van der Waals surface area contributed by atoms with Crippen molar-refractivity contribution >= 4 is 23.4 Å². The highest BCUT2D eigenvalue weighted by atomic mass is 16.2. The molecule has 0 aliphatic carbocycles. The Morgan fingerprint density at radius 3 is 2.67 bits per heavy atom. The minimum absolute atomic E-state index is 0.144. The average molecular weight is 247 g/mol. The highest BCUT2D eigenvalue weighted by Gasteiger charge is 2.36. The van der Waals surface area contributed by atoms with Crippen molar-refractivity contribution in [3.05, 3.63) is 29.3 Å². The SMILES string of the molecule is CC(=O)NCCN1C(=O)c2cccc(N)c2C1=O. The average Bonchev–Trinajstić information content (AvgIpc) is 2.55.